The van der Waals surface area contributed by atoms with Crippen molar-refractivity contribution in [3.8, 4) is 0 Å². The molecule has 0 aliphatic rings. The summed E-state index contributed by atoms with van der Waals surface area (Å²) < 4.78 is 1.17. The second kappa shape index (κ2) is 6.88. The van der Waals surface area contributed by atoms with Crippen LogP contribution in [0.2, 0.25) is 0 Å². The molecule has 0 aliphatic carbocycles. The fourth-order valence-corrected chi connectivity index (χ4v) is 3.61. The van der Waals surface area contributed by atoms with Gasteiger partial charge in [-0.15, -0.1) is 11.3 Å². The highest BCUT2D eigenvalue weighted by molar-refractivity contribution is 9.10. The molecular weight excluding hydrogens is 298 g/mol. The molecule has 1 unspecified atom stereocenters. The number of aliphatic hydroxyl groups excluding tert-OH is 1. The predicted molar refractivity (Wildman–Crippen MR) is 78.5 cm³/mol. The van der Waals surface area contributed by atoms with Crippen LogP contribution in [0.25, 0.3) is 0 Å². The Morgan fingerprint density at radius 1 is 1.47 bits per heavy atom. The van der Waals surface area contributed by atoms with Crippen LogP contribution in [0.5, 0.6) is 0 Å². The average Bonchev–Trinajstić information content (AvgIpc) is 2.78. The zero-order valence-electron chi connectivity index (χ0n) is 10.8. The first-order valence-electron chi connectivity index (χ1n) is 6.15. The topological polar surface area (TPSA) is 32.3 Å². The first-order valence-corrected chi connectivity index (χ1v) is 7.83. The van der Waals surface area contributed by atoms with E-state index in [1.54, 1.807) is 11.3 Å². The van der Waals surface area contributed by atoms with E-state index in [0.717, 1.165) is 19.4 Å². The summed E-state index contributed by atoms with van der Waals surface area (Å²) in [6.07, 6.45) is 2.01. The number of thiophene rings is 1. The molecule has 1 aromatic heterocycles. The van der Waals surface area contributed by atoms with E-state index in [2.05, 4.69) is 53.5 Å². The van der Waals surface area contributed by atoms with Gasteiger partial charge in [0, 0.05) is 34.0 Å². The lowest BCUT2D eigenvalue weighted by Gasteiger charge is -2.31. The molecule has 4 heteroatoms. The van der Waals surface area contributed by atoms with Gasteiger partial charge in [0.05, 0.1) is 0 Å². The van der Waals surface area contributed by atoms with Crippen molar-refractivity contribution in [1.29, 1.82) is 0 Å². The molecule has 17 heavy (non-hydrogen) atoms. The smallest absolute Gasteiger partial charge is 0.0499 e. The molecule has 0 radical (unpaired) electrons. The summed E-state index contributed by atoms with van der Waals surface area (Å²) in [7, 11) is 0. The van der Waals surface area contributed by atoms with E-state index >= 15 is 0 Å². The third kappa shape index (κ3) is 3.78. The van der Waals surface area contributed by atoms with Crippen LogP contribution in [0.15, 0.2) is 15.9 Å². The number of nitrogens with one attached hydrogen (secondary N) is 1. The van der Waals surface area contributed by atoms with Gasteiger partial charge in [-0.1, -0.05) is 13.8 Å². The minimum atomic E-state index is 0.0258. The van der Waals surface area contributed by atoms with Gasteiger partial charge < -0.3 is 10.4 Å². The van der Waals surface area contributed by atoms with Gasteiger partial charge in [0.1, 0.15) is 0 Å². The van der Waals surface area contributed by atoms with Crippen molar-refractivity contribution in [3.05, 3.63) is 20.8 Å². The highest BCUT2D eigenvalue weighted by atomic mass is 79.9. The molecule has 0 bridgehead atoms. The lowest BCUT2D eigenvalue weighted by molar-refractivity contribution is 0.110. The first kappa shape index (κ1) is 15.2. The molecule has 0 amide bonds. The van der Waals surface area contributed by atoms with Crippen LogP contribution < -0.4 is 5.32 Å². The summed E-state index contributed by atoms with van der Waals surface area (Å²) in [5.74, 6) is 0. The van der Waals surface area contributed by atoms with Crippen molar-refractivity contribution in [2.45, 2.75) is 39.7 Å². The monoisotopic (exact) mass is 319 g/mol. The number of hydrogen-bond donors (Lipinski definition) is 2. The standard InChI is InChI=1S/C13H22BrNOS/c1-4-13(5-2,9-16)8-15-10(3)12-11(14)6-7-17-12/h6-7,10,15-16H,4-5,8-9H2,1-3H3. The van der Waals surface area contributed by atoms with E-state index in [1.807, 2.05) is 0 Å². The largest absolute Gasteiger partial charge is 0.396 e. The fraction of sp³-hybridized carbons (Fsp3) is 0.692. The first-order chi connectivity index (χ1) is 8.08. The van der Waals surface area contributed by atoms with Gasteiger partial charge >= 0.3 is 0 Å². The van der Waals surface area contributed by atoms with Crippen molar-refractivity contribution < 1.29 is 5.11 Å². The Hall–Kier alpha value is 0.100. The average molecular weight is 320 g/mol. The summed E-state index contributed by atoms with van der Waals surface area (Å²) >= 11 is 5.32. The summed E-state index contributed by atoms with van der Waals surface area (Å²) in [4.78, 5) is 1.32. The minimum Gasteiger partial charge on any atom is -0.396 e. The maximum Gasteiger partial charge on any atom is 0.0499 e. The van der Waals surface area contributed by atoms with Gasteiger partial charge in [-0.05, 0) is 47.1 Å². The maximum atomic E-state index is 9.53. The Morgan fingerprint density at radius 3 is 2.53 bits per heavy atom. The summed E-state index contributed by atoms with van der Waals surface area (Å²) in [5, 5.41) is 15.2. The number of hydrogen-bond acceptors (Lipinski definition) is 3. The van der Waals surface area contributed by atoms with Crippen LogP contribution in [0, 0.1) is 5.41 Å². The molecule has 0 saturated carbocycles. The van der Waals surface area contributed by atoms with Gasteiger partial charge in [-0.25, -0.2) is 0 Å². The third-order valence-corrected chi connectivity index (χ3v) is 5.71. The Labute approximate surface area is 117 Å². The lowest BCUT2D eigenvalue weighted by Crippen LogP contribution is -2.37. The third-order valence-electron chi connectivity index (χ3n) is 3.66. The van der Waals surface area contributed by atoms with E-state index in [0.29, 0.717) is 6.04 Å². The second-order valence-corrected chi connectivity index (χ2v) is 6.40. The highest BCUT2D eigenvalue weighted by Gasteiger charge is 2.26. The van der Waals surface area contributed by atoms with Crippen molar-refractivity contribution in [1.82, 2.24) is 5.32 Å². The maximum absolute atomic E-state index is 9.53. The molecular formula is C13H22BrNOS. The van der Waals surface area contributed by atoms with Crippen LogP contribution in [0.3, 0.4) is 0 Å². The molecule has 1 rings (SSSR count). The van der Waals surface area contributed by atoms with E-state index in [-0.39, 0.29) is 12.0 Å². The van der Waals surface area contributed by atoms with Crippen molar-refractivity contribution in [3.63, 3.8) is 0 Å². The summed E-state index contributed by atoms with van der Waals surface area (Å²) in [6, 6.07) is 2.41. The van der Waals surface area contributed by atoms with Gasteiger partial charge in [0.15, 0.2) is 0 Å². The Bertz CT molecular complexity index is 328. The van der Waals surface area contributed by atoms with Crippen LogP contribution >= 0.6 is 27.3 Å². The molecule has 0 aliphatic heterocycles. The Kier molecular flexibility index (Phi) is 6.13. The highest BCUT2D eigenvalue weighted by Crippen LogP contribution is 2.30. The quantitative estimate of drug-likeness (QED) is 0.797. The van der Waals surface area contributed by atoms with E-state index in [1.165, 1.54) is 9.35 Å². The molecule has 2 N–H and O–H groups in total. The van der Waals surface area contributed by atoms with Gasteiger partial charge in [0.2, 0.25) is 0 Å². The normalized spacial score (nSPS) is 13.9. The van der Waals surface area contributed by atoms with Gasteiger partial charge in [-0.2, -0.15) is 0 Å². The molecule has 2 nitrogen and oxygen atoms in total. The van der Waals surface area contributed by atoms with E-state index < -0.39 is 0 Å². The SMILES string of the molecule is CCC(CC)(CO)CNC(C)c1sccc1Br. The molecule has 1 aromatic rings. The molecule has 98 valence electrons. The van der Waals surface area contributed by atoms with Crippen LogP contribution in [0.4, 0.5) is 0 Å². The molecule has 0 saturated heterocycles. The number of rotatable bonds is 7. The fourth-order valence-electron chi connectivity index (χ4n) is 1.86. The zero-order valence-corrected chi connectivity index (χ0v) is 13.2. The van der Waals surface area contributed by atoms with Crippen LogP contribution in [-0.2, 0) is 0 Å². The van der Waals surface area contributed by atoms with E-state index in [9.17, 15) is 5.11 Å². The molecule has 0 spiro atoms. The summed E-state index contributed by atoms with van der Waals surface area (Å²) in [5.41, 5.74) is 0.0258. The number of aliphatic hydroxyl groups is 1. The van der Waals surface area contributed by atoms with Crippen LogP contribution in [-0.4, -0.2) is 18.3 Å². The molecule has 1 atom stereocenters. The molecule has 0 fully saturated rings. The van der Waals surface area contributed by atoms with Gasteiger partial charge in [0.25, 0.3) is 0 Å². The molecule has 0 aromatic carbocycles. The molecule has 1 heterocycles. The second-order valence-electron chi connectivity index (χ2n) is 4.60. The Balaban J connectivity index is 2.58. The summed E-state index contributed by atoms with van der Waals surface area (Å²) in [6.45, 7) is 7.58. The Morgan fingerprint density at radius 2 is 2.12 bits per heavy atom. The zero-order chi connectivity index (χ0) is 12.9. The predicted octanol–water partition coefficient (Wildman–Crippen LogP) is 3.96. The van der Waals surface area contributed by atoms with Crippen molar-refractivity contribution in [2.24, 2.45) is 5.41 Å². The number of halogens is 1. The van der Waals surface area contributed by atoms with E-state index in [4.69, 9.17) is 0 Å². The van der Waals surface area contributed by atoms with Crippen molar-refractivity contribution in [2.75, 3.05) is 13.2 Å². The van der Waals surface area contributed by atoms with Crippen LogP contribution in [0.1, 0.15) is 44.5 Å². The van der Waals surface area contributed by atoms with Crippen molar-refractivity contribution >= 4 is 27.3 Å². The lowest BCUT2D eigenvalue weighted by atomic mass is 9.83. The minimum absolute atomic E-state index is 0.0258. The van der Waals surface area contributed by atoms with Gasteiger partial charge in [-0.3, -0.25) is 0 Å².